The summed E-state index contributed by atoms with van der Waals surface area (Å²) in [5.41, 5.74) is 2.10. The topological polar surface area (TPSA) is 42.2 Å². The molecule has 1 aromatic heterocycles. The van der Waals surface area contributed by atoms with Gasteiger partial charge in [0.05, 0.1) is 22.9 Å². The van der Waals surface area contributed by atoms with E-state index < -0.39 is 6.10 Å². The molecule has 0 bridgehead atoms. The Morgan fingerprint density at radius 1 is 1.05 bits per heavy atom. The molecule has 3 aromatic rings. The molecule has 0 radical (unpaired) electrons. The average molecular weight is 300 g/mol. The van der Waals surface area contributed by atoms with Crippen molar-refractivity contribution in [2.24, 2.45) is 0 Å². The van der Waals surface area contributed by atoms with Crippen LogP contribution in [-0.4, -0.2) is 9.19 Å². The van der Waals surface area contributed by atoms with Crippen LogP contribution in [0.3, 0.4) is 0 Å². The van der Waals surface area contributed by atoms with Crippen molar-refractivity contribution in [1.82, 2.24) is 4.09 Å². The molecule has 21 heavy (non-hydrogen) atoms. The Bertz CT molecular complexity index is 854. The van der Waals surface area contributed by atoms with Gasteiger partial charge in [-0.1, -0.05) is 42.5 Å². The molecule has 1 atom stereocenters. The van der Waals surface area contributed by atoms with Crippen LogP contribution in [0.15, 0.2) is 59.4 Å². The number of rotatable bonds is 2. The van der Waals surface area contributed by atoms with E-state index in [1.165, 1.54) is 4.09 Å². The second-order valence-electron chi connectivity index (χ2n) is 4.93. The van der Waals surface area contributed by atoms with Gasteiger partial charge >= 0.3 is 0 Å². The lowest BCUT2D eigenvalue weighted by atomic mass is 9.99. The first-order valence-corrected chi connectivity index (χ1v) is 7.02. The minimum Gasteiger partial charge on any atom is -0.388 e. The largest absolute Gasteiger partial charge is 0.388 e. The molecule has 2 aromatic carbocycles. The molecule has 106 valence electrons. The number of para-hydroxylation sites is 1. The van der Waals surface area contributed by atoms with Gasteiger partial charge in [0.15, 0.2) is 5.43 Å². The van der Waals surface area contributed by atoms with Gasteiger partial charge in [-0.25, -0.2) is 0 Å². The maximum atomic E-state index is 12.7. The molecular weight excluding hydrogens is 286 g/mol. The quantitative estimate of drug-likeness (QED) is 0.783. The Morgan fingerprint density at radius 3 is 2.33 bits per heavy atom. The molecule has 0 amide bonds. The molecule has 0 fully saturated rings. The van der Waals surface area contributed by atoms with Crippen LogP contribution in [0.5, 0.6) is 0 Å². The SMILES string of the molecule is CC(O)c1c(-c2ccccc2)n(Cl)c2ccccc2c1=O. The van der Waals surface area contributed by atoms with E-state index in [2.05, 4.69) is 0 Å². The molecule has 1 unspecified atom stereocenters. The summed E-state index contributed by atoms with van der Waals surface area (Å²) in [4.78, 5) is 12.7. The summed E-state index contributed by atoms with van der Waals surface area (Å²) in [6, 6.07) is 16.5. The normalized spacial score (nSPS) is 12.5. The second-order valence-corrected chi connectivity index (χ2v) is 5.27. The zero-order valence-corrected chi connectivity index (χ0v) is 12.2. The van der Waals surface area contributed by atoms with E-state index in [4.69, 9.17) is 11.8 Å². The molecule has 3 rings (SSSR count). The number of aliphatic hydroxyl groups excluding tert-OH is 1. The van der Waals surface area contributed by atoms with E-state index in [-0.39, 0.29) is 5.43 Å². The third kappa shape index (κ3) is 2.24. The van der Waals surface area contributed by atoms with Gasteiger partial charge in [0.2, 0.25) is 0 Å². The highest BCUT2D eigenvalue weighted by atomic mass is 35.5. The first kappa shape index (κ1) is 13.9. The van der Waals surface area contributed by atoms with Gasteiger partial charge in [-0.2, -0.15) is 0 Å². The van der Waals surface area contributed by atoms with Crippen LogP contribution in [0, 0.1) is 0 Å². The smallest absolute Gasteiger partial charge is 0.195 e. The maximum absolute atomic E-state index is 12.7. The summed E-state index contributed by atoms with van der Waals surface area (Å²) in [6.45, 7) is 1.58. The van der Waals surface area contributed by atoms with Crippen molar-refractivity contribution in [3.63, 3.8) is 0 Å². The lowest BCUT2D eigenvalue weighted by Crippen LogP contribution is -2.17. The van der Waals surface area contributed by atoms with Crippen molar-refractivity contribution in [2.75, 3.05) is 0 Å². The number of hydrogen-bond acceptors (Lipinski definition) is 2. The summed E-state index contributed by atoms with van der Waals surface area (Å²) >= 11 is 6.46. The van der Waals surface area contributed by atoms with Crippen LogP contribution >= 0.6 is 11.8 Å². The van der Waals surface area contributed by atoms with Crippen LogP contribution in [0.1, 0.15) is 18.6 Å². The first-order chi connectivity index (χ1) is 10.1. The third-order valence-electron chi connectivity index (χ3n) is 3.52. The van der Waals surface area contributed by atoms with Gasteiger partial charge in [0.25, 0.3) is 0 Å². The molecule has 0 saturated heterocycles. The van der Waals surface area contributed by atoms with Crippen molar-refractivity contribution < 1.29 is 5.11 Å². The Labute approximate surface area is 127 Å². The van der Waals surface area contributed by atoms with Crippen LogP contribution in [-0.2, 0) is 0 Å². The predicted octanol–water partition coefficient (Wildman–Crippen LogP) is 3.72. The Balaban J connectivity index is 2.51. The number of pyridine rings is 1. The van der Waals surface area contributed by atoms with Crippen molar-refractivity contribution in [3.8, 4) is 11.3 Å². The molecule has 4 heteroatoms. The lowest BCUT2D eigenvalue weighted by Gasteiger charge is -2.17. The molecule has 0 saturated carbocycles. The number of halogens is 1. The minimum atomic E-state index is -0.901. The summed E-state index contributed by atoms with van der Waals surface area (Å²) < 4.78 is 1.45. The lowest BCUT2D eigenvalue weighted by molar-refractivity contribution is 0.198. The van der Waals surface area contributed by atoms with Gasteiger partial charge in [-0.05, 0) is 19.1 Å². The zero-order chi connectivity index (χ0) is 15.0. The number of aromatic nitrogens is 1. The van der Waals surface area contributed by atoms with Gasteiger partial charge in [-0.3, -0.25) is 8.88 Å². The van der Waals surface area contributed by atoms with E-state index in [9.17, 15) is 9.90 Å². The second kappa shape index (κ2) is 5.35. The van der Waals surface area contributed by atoms with Gasteiger partial charge in [0.1, 0.15) is 0 Å². The fourth-order valence-electron chi connectivity index (χ4n) is 2.57. The van der Waals surface area contributed by atoms with Crippen molar-refractivity contribution in [1.29, 1.82) is 0 Å². The van der Waals surface area contributed by atoms with E-state index in [0.717, 1.165) is 5.56 Å². The van der Waals surface area contributed by atoms with Gasteiger partial charge in [0, 0.05) is 22.7 Å². The Hall–Kier alpha value is -2.10. The van der Waals surface area contributed by atoms with Gasteiger partial charge in [-0.15, -0.1) is 0 Å². The molecule has 0 aliphatic heterocycles. The predicted molar refractivity (Wildman–Crippen MR) is 85.5 cm³/mol. The third-order valence-corrected chi connectivity index (χ3v) is 3.87. The average Bonchev–Trinajstić information content (AvgIpc) is 2.51. The number of benzene rings is 2. The van der Waals surface area contributed by atoms with E-state index in [1.54, 1.807) is 25.1 Å². The summed E-state index contributed by atoms with van der Waals surface area (Å²) in [7, 11) is 0. The fraction of sp³-hybridized carbons (Fsp3) is 0.118. The molecular formula is C17H14ClNO2. The first-order valence-electron chi connectivity index (χ1n) is 6.68. The van der Waals surface area contributed by atoms with Crippen LogP contribution in [0.4, 0.5) is 0 Å². The van der Waals surface area contributed by atoms with Crippen LogP contribution < -0.4 is 5.43 Å². The zero-order valence-electron chi connectivity index (χ0n) is 11.5. The Morgan fingerprint density at radius 2 is 1.67 bits per heavy atom. The fourth-order valence-corrected chi connectivity index (χ4v) is 2.90. The number of nitrogens with zero attached hydrogens (tertiary/aromatic N) is 1. The highest BCUT2D eigenvalue weighted by Gasteiger charge is 2.20. The molecule has 1 heterocycles. The number of aliphatic hydroxyl groups is 1. The Kier molecular flexibility index (Phi) is 3.53. The van der Waals surface area contributed by atoms with Crippen LogP contribution in [0.25, 0.3) is 22.2 Å². The van der Waals surface area contributed by atoms with Crippen molar-refractivity contribution in [3.05, 3.63) is 70.4 Å². The monoisotopic (exact) mass is 299 g/mol. The highest BCUT2D eigenvalue weighted by molar-refractivity contribution is 6.20. The molecule has 3 nitrogen and oxygen atoms in total. The van der Waals surface area contributed by atoms with Gasteiger partial charge < -0.3 is 5.11 Å². The van der Waals surface area contributed by atoms with Crippen molar-refractivity contribution in [2.45, 2.75) is 13.0 Å². The maximum Gasteiger partial charge on any atom is 0.195 e. The van der Waals surface area contributed by atoms with E-state index in [0.29, 0.717) is 22.2 Å². The summed E-state index contributed by atoms with van der Waals surface area (Å²) in [5.74, 6) is 0. The molecule has 0 aliphatic carbocycles. The molecule has 0 spiro atoms. The van der Waals surface area contributed by atoms with E-state index >= 15 is 0 Å². The number of fused-ring (bicyclic) bond motifs is 1. The number of hydrogen-bond donors (Lipinski definition) is 1. The van der Waals surface area contributed by atoms with E-state index in [1.807, 2.05) is 36.4 Å². The standard InChI is InChI=1S/C17H14ClNO2/c1-11(20)15-16(12-7-3-2-4-8-12)19(18)14-10-6-5-9-13(14)17(15)21/h2-11,20H,1H3. The molecule has 0 aliphatic rings. The summed E-state index contributed by atoms with van der Waals surface area (Å²) in [6.07, 6.45) is -0.901. The highest BCUT2D eigenvalue weighted by Crippen LogP contribution is 2.30. The minimum absolute atomic E-state index is 0.184. The van der Waals surface area contributed by atoms with Crippen molar-refractivity contribution >= 4 is 22.7 Å². The summed E-state index contributed by atoms with van der Waals surface area (Å²) in [5, 5.41) is 10.6. The van der Waals surface area contributed by atoms with Crippen LogP contribution in [0.2, 0.25) is 0 Å². The molecule has 1 N–H and O–H groups in total.